The van der Waals surface area contributed by atoms with Crippen LogP contribution in [0, 0.1) is 0 Å². The summed E-state index contributed by atoms with van der Waals surface area (Å²) in [4.78, 5) is 10.2. The van der Waals surface area contributed by atoms with Gasteiger partial charge in [0.15, 0.2) is 5.82 Å². The zero-order chi connectivity index (χ0) is 29.7. The number of hydrogen-bond acceptors (Lipinski definition) is 3. The lowest BCUT2D eigenvalue weighted by Gasteiger charge is -2.11. The van der Waals surface area contributed by atoms with Crippen LogP contribution in [0.3, 0.4) is 0 Å². The third-order valence-electron chi connectivity index (χ3n) is 8.68. The summed E-state index contributed by atoms with van der Waals surface area (Å²) in [6, 6.07) is 55.0. The number of aromatic nitrogens is 2. The molecule has 3 nitrogen and oxygen atoms in total. The molecule has 0 saturated heterocycles. The van der Waals surface area contributed by atoms with Gasteiger partial charge in [0, 0.05) is 32.7 Å². The molecule has 210 valence electrons. The van der Waals surface area contributed by atoms with Gasteiger partial charge < -0.3 is 4.42 Å². The molecule has 0 aliphatic heterocycles. The normalized spacial score (nSPS) is 11.6. The second kappa shape index (κ2) is 10.3. The Bertz CT molecular complexity index is 2530. The van der Waals surface area contributed by atoms with Crippen molar-refractivity contribution in [2.24, 2.45) is 0 Å². The van der Waals surface area contributed by atoms with Crippen molar-refractivity contribution in [1.82, 2.24) is 9.97 Å². The highest BCUT2D eigenvalue weighted by Crippen LogP contribution is 2.37. The van der Waals surface area contributed by atoms with E-state index < -0.39 is 0 Å². The predicted molar refractivity (Wildman–Crippen MR) is 186 cm³/mol. The zero-order valence-corrected chi connectivity index (χ0v) is 24.3. The lowest BCUT2D eigenvalue weighted by molar-refractivity contribution is 0.672. The Morgan fingerprint density at radius 2 is 1.02 bits per heavy atom. The molecule has 0 N–H and O–H groups in total. The van der Waals surface area contributed by atoms with Crippen LogP contribution in [0.1, 0.15) is 0 Å². The maximum Gasteiger partial charge on any atom is 0.160 e. The van der Waals surface area contributed by atoms with E-state index in [0.717, 1.165) is 71.6 Å². The van der Waals surface area contributed by atoms with Crippen LogP contribution < -0.4 is 0 Å². The van der Waals surface area contributed by atoms with Crippen molar-refractivity contribution in [3.05, 3.63) is 158 Å². The Kier molecular flexibility index (Phi) is 5.82. The molecule has 0 saturated carbocycles. The van der Waals surface area contributed by atoms with Gasteiger partial charge in [-0.25, -0.2) is 9.97 Å². The number of furan rings is 1. The minimum absolute atomic E-state index is 0.702. The fraction of sp³-hybridized carbons (Fsp3) is 0. The average molecular weight is 575 g/mol. The summed E-state index contributed by atoms with van der Waals surface area (Å²) in [5, 5.41) is 5.48. The van der Waals surface area contributed by atoms with Gasteiger partial charge in [0.25, 0.3) is 0 Å². The van der Waals surface area contributed by atoms with E-state index in [1.54, 1.807) is 0 Å². The smallest absolute Gasteiger partial charge is 0.160 e. The summed E-state index contributed by atoms with van der Waals surface area (Å²) in [5.41, 5.74) is 10.3. The lowest BCUT2D eigenvalue weighted by Crippen LogP contribution is -1.95. The summed E-state index contributed by atoms with van der Waals surface area (Å²) >= 11 is 0. The molecule has 0 radical (unpaired) electrons. The van der Waals surface area contributed by atoms with Gasteiger partial charge in [0.1, 0.15) is 11.2 Å². The molecule has 3 heteroatoms. The third kappa shape index (κ3) is 4.37. The van der Waals surface area contributed by atoms with E-state index >= 15 is 0 Å². The average Bonchev–Trinajstić information content (AvgIpc) is 3.51. The molecule has 0 aliphatic rings. The van der Waals surface area contributed by atoms with Crippen LogP contribution in [0.25, 0.3) is 88.5 Å². The van der Waals surface area contributed by atoms with Crippen LogP contribution in [-0.2, 0) is 0 Å². The highest BCUT2D eigenvalue weighted by molar-refractivity contribution is 6.15. The van der Waals surface area contributed by atoms with Gasteiger partial charge in [-0.15, -0.1) is 0 Å². The van der Waals surface area contributed by atoms with Crippen molar-refractivity contribution in [3.8, 4) is 44.9 Å². The highest BCUT2D eigenvalue weighted by atomic mass is 16.3. The fourth-order valence-electron chi connectivity index (χ4n) is 6.40. The first-order chi connectivity index (χ1) is 22.3. The number of para-hydroxylation sites is 2. The first-order valence-corrected chi connectivity index (χ1v) is 15.2. The van der Waals surface area contributed by atoms with E-state index in [1.165, 1.54) is 11.1 Å². The lowest BCUT2D eigenvalue weighted by atomic mass is 9.98. The number of hydrogen-bond donors (Lipinski definition) is 0. The van der Waals surface area contributed by atoms with Crippen LogP contribution in [0.15, 0.2) is 162 Å². The molecular weight excluding hydrogens is 548 g/mol. The van der Waals surface area contributed by atoms with Gasteiger partial charge >= 0.3 is 0 Å². The molecule has 0 atom stereocenters. The Hall–Kier alpha value is -6.06. The molecule has 9 rings (SSSR count). The van der Waals surface area contributed by atoms with Crippen LogP contribution in [0.2, 0.25) is 0 Å². The topological polar surface area (TPSA) is 38.9 Å². The van der Waals surface area contributed by atoms with E-state index in [4.69, 9.17) is 14.4 Å². The summed E-state index contributed by atoms with van der Waals surface area (Å²) in [6.45, 7) is 0. The molecule has 0 bridgehead atoms. The third-order valence-corrected chi connectivity index (χ3v) is 8.68. The van der Waals surface area contributed by atoms with E-state index in [2.05, 4.69) is 127 Å². The standard InChI is InChI=1S/C42H26N2O/c1-2-9-27(10-3-1)28-17-19-29(20-18-28)31-11-8-12-33(25-31)42-43-38-15-6-4-14-36(38)40(44-42)32-22-21-30-23-24-35-34-13-5-7-16-39(34)45-41(35)37(30)26-32/h1-26H. The molecule has 0 unspecified atom stereocenters. The van der Waals surface area contributed by atoms with Crippen molar-refractivity contribution in [2.75, 3.05) is 0 Å². The predicted octanol–water partition coefficient (Wildman–Crippen LogP) is 11.4. The molecule has 9 aromatic rings. The Balaban J connectivity index is 1.17. The first-order valence-electron chi connectivity index (χ1n) is 15.2. The summed E-state index contributed by atoms with van der Waals surface area (Å²) in [7, 11) is 0. The van der Waals surface area contributed by atoms with Crippen LogP contribution in [-0.4, -0.2) is 9.97 Å². The Labute approximate surface area is 260 Å². The highest BCUT2D eigenvalue weighted by Gasteiger charge is 2.15. The van der Waals surface area contributed by atoms with E-state index in [-0.39, 0.29) is 0 Å². The summed E-state index contributed by atoms with van der Waals surface area (Å²) in [6.07, 6.45) is 0. The molecule has 2 aromatic heterocycles. The Morgan fingerprint density at radius 3 is 1.89 bits per heavy atom. The molecule has 0 amide bonds. The number of fused-ring (bicyclic) bond motifs is 6. The van der Waals surface area contributed by atoms with Crippen LogP contribution in [0.4, 0.5) is 0 Å². The number of rotatable bonds is 4. The number of nitrogens with zero attached hydrogens (tertiary/aromatic N) is 2. The van der Waals surface area contributed by atoms with E-state index in [0.29, 0.717) is 5.82 Å². The maximum absolute atomic E-state index is 6.39. The zero-order valence-electron chi connectivity index (χ0n) is 24.3. The quantitative estimate of drug-likeness (QED) is 0.210. The minimum Gasteiger partial charge on any atom is -0.455 e. The van der Waals surface area contributed by atoms with Gasteiger partial charge in [0.2, 0.25) is 0 Å². The van der Waals surface area contributed by atoms with E-state index in [9.17, 15) is 0 Å². The fourth-order valence-corrected chi connectivity index (χ4v) is 6.40. The molecule has 7 aromatic carbocycles. The SMILES string of the molecule is c1ccc(-c2ccc(-c3cccc(-c4nc(-c5ccc6ccc7c8ccccc8oc7c6c5)c5ccccc5n4)c3)cc2)cc1. The van der Waals surface area contributed by atoms with Crippen molar-refractivity contribution in [3.63, 3.8) is 0 Å². The monoisotopic (exact) mass is 574 g/mol. The molecule has 2 heterocycles. The molecule has 0 aliphatic carbocycles. The Morgan fingerprint density at radius 1 is 0.378 bits per heavy atom. The van der Waals surface area contributed by atoms with Crippen molar-refractivity contribution < 1.29 is 4.42 Å². The van der Waals surface area contributed by atoms with Gasteiger partial charge in [-0.1, -0.05) is 127 Å². The van der Waals surface area contributed by atoms with Gasteiger partial charge in [-0.05, 0) is 58.0 Å². The van der Waals surface area contributed by atoms with Crippen molar-refractivity contribution >= 4 is 43.6 Å². The number of benzene rings is 7. The molecule has 0 fully saturated rings. The van der Waals surface area contributed by atoms with Crippen molar-refractivity contribution in [1.29, 1.82) is 0 Å². The van der Waals surface area contributed by atoms with Gasteiger partial charge in [0.05, 0.1) is 11.2 Å². The van der Waals surface area contributed by atoms with Crippen LogP contribution >= 0.6 is 0 Å². The van der Waals surface area contributed by atoms with E-state index in [1.807, 2.05) is 30.3 Å². The van der Waals surface area contributed by atoms with Crippen LogP contribution in [0.5, 0.6) is 0 Å². The second-order valence-corrected chi connectivity index (χ2v) is 11.4. The summed E-state index contributed by atoms with van der Waals surface area (Å²) in [5.74, 6) is 0.702. The molecule has 45 heavy (non-hydrogen) atoms. The first kappa shape index (κ1) is 25.4. The minimum atomic E-state index is 0.702. The summed E-state index contributed by atoms with van der Waals surface area (Å²) < 4.78 is 6.39. The van der Waals surface area contributed by atoms with Crippen molar-refractivity contribution in [2.45, 2.75) is 0 Å². The molecule has 0 spiro atoms. The maximum atomic E-state index is 6.39. The van der Waals surface area contributed by atoms with Gasteiger partial charge in [-0.2, -0.15) is 0 Å². The largest absolute Gasteiger partial charge is 0.455 e. The second-order valence-electron chi connectivity index (χ2n) is 11.4. The van der Waals surface area contributed by atoms with Gasteiger partial charge in [-0.3, -0.25) is 0 Å². The molecular formula is C42H26N2O.